The molecule has 0 radical (unpaired) electrons. The Bertz CT molecular complexity index is 98.7. The highest BCUT2D eigenvalue weighted by Gasteiger charge is 2.31. The van der Waals surface area contributed by atoms with E-state index in [1.807, 2.05) is 0 Å². The summed E-state index contributed by atoms with van der Waals surface area (Å²) in [4.78, 5) is 0. The van der Waals surface area contributed by atoms with E-state index in [0.29, 0.717) is 0 Å². The molecule has 0 N–H and O–H groups in total. The minimum atomic E-state index is -4.47. The van der Waals surface area contributed by atoms with Crippen molar-refractivity contribution in [1.29, 1.82) is 0 Å². The van der Waals surface area contributed by atoms with Gasteiger partial charge in [0.25, 0.3) is 0 Å². The van der Waals surface area contributed by atoms with E-state index in [1.165, 1.54) is 0 Å². The Balaban J connectivity index is 3.44. The summed E-state index contributed by atoms with van der Waals surface area (Å²) < 4.78 is 67.6. The quantitative estimate of drug-likeness (QED) is 0.472. The maximum absolute atomic E-state index is 11.3. The van der Waals surface area contributed by atoms with Crippen molar-refractivity contribution in [2.24, 2.45) is 0 Å². The van der Waals surface area contributed by atoms with Gasteiger partial charge in [0.1, 0.15) is 0 Å². The van der Waals surface area contributed by atoms with Crippen LogP contribution in [0.1, 0.15) is 0 Å². The number of alkyl halides is 6. The molecule has 0 aliphatic carbocycles. The minimum absolute atomic E-state index is 1.11. The van der Waals surface area contributed by atoms with Crippen LogP contribution < -0.4 is 0 Å². The lowest BCUT2D eigenvalue weighted by atomic mass is 10.8. The van der Waals surface area contributed by atoms with Crippen molar-refractivity contribution in [3.05, 3.63) is 0 Å². The van der Waals surface area contributed by atoms with Gasteiger partial charge in [-0.1, -0.05) is 0 Å². The molecule has 0 rings (SSSR count). The first-order chi connectivity index (χ1) is 4.71. The number of hydrogen-bond acceptors (Lipinski definition) is 0. The van der Waals surface area contributed by atoms with Gasteiger partial charge in [-0.3, -0.25) is 0 Å². The predicted molar refractivity (Wildman–Crippen MR) is 30.2 cm³/mol. The first-order valence-electron chi connectivity index (χ1n) is 2.55. The average molecular weight is 198 g/mol. The smallest absolute Gasteiger partial charge is 0.171 e. The molecular weight excluding hydrogens is 193 g/mol. The molecule has 0 fully saturated rings. The Morgan fingerprint density at radius 1 is 0.727 bits per heavy atom. The highest BCUT2D eigenvalue weighted by molar-refractivity contribution is 7.38. The molecule has 0 saturated heterocycles. The number of halogens is 6. The van der Waals surface area contributed by atoms with Gasteiger partial charge < -0.3 is 0 Å². The third kappa shape index (κ3) is 10.0. The molecular formula is C4H5F6P. The first kappa shape index (κ1) is 11.0. The molecule has 0 amide bonds. The molecule has 0 aliphatic rings. The summed E-state index contributed by atoms with van der Waals surface area (Å²) in [5.74, 6) is 0. The Kier molecular flexibility index (Phi) is 3.61. The highest BCUT2D eigenvalue weighted by atomic mass is 31.1. The third-order valence-corrected chi connectivity index (χ3v) is 1.95. The van der Waals surface area contributed by atoms with Crippen molar-refractivity contribution in [2.45, 2.75) is 12.4 Å². The Labute approximate surface area is 60.7 Å². The van der Waals surface area contributed by atoms with E-state index < -0.39 is 33.3 Å². The number of rotatable bonds is 2. The lowest BCUT2D eigenvalue weighted by Gasteiger charge is -2.07. The second kappa shape index (κ2) is 3.61. The summed E-state index contributed by atoms with van der Waals surface area (Å²) in [5, 5.41) is 0. The van der Waals surface area contributed by atoms with Crippen LogP contribution in [-0.4, -0.2) is 24.7 Å². The lowest BCUT2D eigenvalue weighted by molar-refractivity contribution is -0.110. The Morgan fingerprint density at radius 2 is 1.00 bits per heavy atom. The van der Waals surface area contributed by atoms with Crippen molar-refractivity contribution in [3.63, 3.8) is 0 Å². The monoisotopic (exact) mass is 198 g/mol. The fourth-order valence-corrected chi connectivity index (χ4v) is 1.04. The molecule has 0 unspecified atom stereocenters. The second-order valence-corrected chi connectivity index (χ2v) is 3.04. The standard InChI is InChI=1S/C4H5F6P/c5-3(6,7)1-11-2-4(8,9)10/h11H,1-2H2. The second-order valence-electron chi connectivity index (χ2n) is 1.83. The van der Waals surface area contributed by atoms with E-state index in [4.69, 9.17) is 0 Å². The maximum Gasteiger partial charge on any atom is 0.392 e. The molecule has 0 aliphatic heterocycles. The van der Waals surface area contributed by atoms with E-state index in [9.17, 15) is 26.3 Å². The van der Waals surface area contributed by atoms with Crippen molar-refractivity contribution in [2.75, 3.05) is 12.3 Å². The molecule has 11 heavy (non-hydrogen) atoms. The maximum atomic E-state index is 11.3. The van der Waals surface area contributed by atoms with Crippen molar-refractivity contribution in [1.82, 2.24) is 0 Å². The van der Waals surface area contributed by atoms with Gasteiger partial charge in [-0.25, -0.2) is 0 Å². The average Bonchev–Trinajstić information content (AvgIpc) is 1.55. The van der Waals surface area contributed by atoms with Crippen LogP contribution in [0, 0.1) is 0 Å². The molecule has 0 aromatic heterocycles. The number of hydrogen-bond donors (Lipinski definition) is 0. The topological polar surface area (TPSA) is 0 Å². The Hall–Kier alpha value is 0.01000. The molecule has 0 atom stereocenters. The van der Waals surface area contributed by atoms with Crippen LogP contribution in [0.5, 0.6) is 0 Å². The van der Waals surface area contributed by atoms with E-state index >= 15 is 0 Å². The molecule has 0 spiro atoms. The summed E-state index contributed by atoms with van der Waals surface area (Å²) in [6.07, 6.45) is -11.6. The summed E-state index contributed by atoms with van der Waals surface area (Å²) >= 11 is 0. The van der Waals surface area contributed by atoms with Crippen LogP contribution in [0.4, 0.5) is 26.3 Å². The van der Waals surface area contributed by atoms with Crippen LogP contribution in [-0.2, 0) is 0 Å². The molecule has 0 nitrogen and oxygen atoms in total. The van der Waals surface area contributed by atoms with Gasteiger partial charge in [0.2, 0.25) is 0 Å². The van der Waals surface area contributed by atoms with Crippen LogP contribution in [0.2, 0.25) is 0 Å². The molecule has 0 aromatic rings. The molecule has 7 heteroatoms. The summed E-state index contributed by atoms with van der Waals surface area (Å²) in [5.41, 5.74) is 0. The van der Waals surface area contributed by atoms with Gasteiger partial charge in [0.15, 0.2) is 0 Å². The van der Waals surface area contributed by atoms with Crippen LogP contribution in [0.25, 0.3) is 0 Å². The fourth-order valence-electron chi connectivity index (χ4n) is 0.346. The van der Waals surface area contributed by atoms with Gasteiger partial charge in [0.05, 0.1) is 12.3 Å². The van der Waals surface area contributed by atoms with Crippen molar-refractivity contribution < 1.29 is 26.3 Å². The van der Waals surface area contributed by atoms with E-state index in [0.717, 1.165) is 0 Å². The normalized spacial score (nSPS) is 13.6. The van der Waals surface area contributed by atoms with Crippen LogP contribution in [0.15, 0.2) is 0 Å². The lowest BCUT2D eigenvalue weighted by Crippen LogP contribution is -2.15. The molecule has 0 bridgehead atoms. The first-order valence-corrected chi connectivity index (χ1v) is 3.96. The minimum Gasteiger partial charge on any atom is -0.171 e. The third-order valence-electron chi connectivity index (χ3n) is 0.651. The van der Waals surface area contributed by atoms with Gasteiger partial charge in [-0.05, 0) is 0 Å². The zero-order chi connectivity index (χ0) is 9.12. The molecule has 0 aromatic carbocycles. The zero-order valence-corrected chi connectivity index (χ0v) is 6.18. The SMILES string of the molecule is FC(F)(F)CPCC(F)(F)F. The van der Waals surface area contributed by atoms with Gasteiger partial charge >= 0.3 is 12.4 Å². The molecule has 68 valence electrons. The van der Waals surface area contributed by atoms with Crippen molar-refractivity contribution in [3.8, 4) is 0 Å². The van der Waals surface area contributed by atoms with E-state index in [2.05, 4.69) is 0 Å². The van der Waals surface area contributed by atoms with Gasteiger partial charge in [-0.2, -0.15) is 26.3 Å². The largest absolute Gasteiger partial charge is 0.392 e. The summed E-state index contributed by atoms with van der Waals surface area (Å²) in [6.45, 7) is 0. The van der Waals surface area contributed by atoms with Crippen LogP contribution in [0.3, 0.4) is 0 Å². The van der Waals surface area contributed by atoms with E-state index in [-0.39, 0.29) is 0 Å². The van der Waals surface area contributed by atoms with Gasteiger partial charge in [0, 0.05) is 0 Å². The molecule has 0 saturated carbocycles. The van der Waals surface area contributed by atoms with E-state index in [1.54, 1.807) is 0 Å². The zero-order valence-electron chi connectivity index (χ0n) is 5.18. The predicted octanol–water partition coefficient (Wildman–Crippen LogP) is 2.79. The fraction of sp³-hybridized carbons (Fsp3) is 1.00. The van der Waals surface area contributed by atoms with Crippen molar-refractivity contribution >= 4 is 8.58 Å². The highest BCUT2D eigenvalue weighted by Crippen LogP contribution is 2.30. The van der Waals surface area contributed by atoms with Crippen LogP contribution >= 0.6 is 8.58 Å². The summed E-state index contributed by atoms with van der Waals surface area (Å²) in [7, 11) is -1.11. The summed E-state index contributed by atoms with van der Waals surface area (Å²) in [6, 6.07) is 0. The van der Waals surface area contributed by atoms with Gasteiger partial charge in [-0.15, -0.1) is 8.58 Å². The molecule has 0 heterocycles. The Morgan fingerprint density at radius 3 is 1.18 bits per heavy atom.